The minimum absolute atomic E-state index is 0.361. The van der Waals surface area contributed by atoms with Gasteiger partial charge in [-0.2, -0.15) is 0 Å². The molecule has 0 bridgehead atoms. The molecule has 2 N–H and O–H groups in total. The Morgan fingerprint density at radius 1 is 1.33 bits per heavy atom. The molecule has 0 aromatic carbocycles. The highest BCUT2D eigenvalue weighted by atomic mass is 16.3. The molecule has 0 spiro atoms. The summed E-state index contributed by atoms with van der Waals surface area (Å²) in [7, 11) is 0. The van der Waals surface area contributed by atoms with Crippen LogP contribution in [0.2, 0.25) is 0 Å². The fourth-order valence-electron chi connectivity index (χ4n) is 2.19. The van der Waals surface area contributed by atoms with Gasteiger partial charge in [-0.1, -0.05) is 13.8 Å². The summed E-state index contributed by atoms with van der Waals surface area (Å²) in [5, 5.41) is 12.3. The average Bonchev–Trinajstić information content (AvgIpc) is 2.20. The Labute approximate surface area is 93.9 Å². The lowest BCUT2D eigenvalue weighted by Crippen LogP contribution is -2.39. The van der Waals surface area contributed by atoms with Crippen LogP contribution in [-0.4, -0.2) is 48.8 Å². The smallest absolute Gasteiger partial charge is 0.0433 e. The minimum atomic E-state index is 0.361. The van der Waals surface area contributed by atoms with Gasteiger partial charge in [-0.25, -0.2) is 0 Å². The zero-order chi connectivity index (χ0) is 11.1. The second-order valence-electron chi connectivity index (χ2n) is 4.91. The zero-order valence-corrected chi connectivity index (χ0v) is 10.2. The van der Waals surface area contributed by atoms with Crippen molar-refractivity contribution in [1.29, 1.82) is 0 Å². The van der Waals surface area contributed by atoms with E-state index in [1.807, 2.05) is 0 Å². The second-order valence-corrected chi connectivity index (χ2v) is 4.91. The van der Waals surface area contributed by atoms with Crippen molar-refractivity contribution in [2.24, 2.45) is 5.92 Å². The third kappa shape index (κ3) is 5.50. The number of nitrogens with zero attached hydrogens (tertiary/aromatic N) is 1. The van der Waals surface area contributed by atoms with Gasteiger partial charge >= 0.3 is 0 Å². The molecule has 1 aliphatic rings. The highest BCUT2D eigenvalue weighted by molar-refractivity contribution is 4.72. The normalized spacial score (nSPS) is 20.0. The number of piperidine rings is 1. The van der Waals surface area contributed by atoms with Crippen LogP contribution in [-0.2, 0) is 0 Å². The van der Waals surface area contributed by atoms with Crippen LogP contribution >= 0.6 is 0 Å². The van der Waals surface area contributed by atoms with E-state index in [1.165, 1.54) is 32.5 Å². The van der Waals surface area contributed by atoms with Crippen LogP contribution < -0.4 is 5.32 Å². The number of hydrogen-bond acceptors (Lipinski definition) is 3. The molecule has 0 unspecified atom stereocenters. The highest BCUT2D eigenvalue weighted by Crippen LogP contribution is 2.19. The molecular formula is C12H26N2O. The molecule has 3 nitrogen and oxygen atoms in total. The Kier molecular flexibility index (Phi) is 6.22. The number of aliphatic hydroxyl groups is 1. The van der Waals surface area contributed by atoms with Crippen LogP contribution in [0.15, 0.2) is 0 Å². The number of hydrogen-bond donors (Lipinski definition) is 2. The lowest BCUT2D eigenvalue weighted by molar-refractivity contribution is 0.158. The van der Waals surface area contributed by atoms with E-state index in [0.29, 0.717) is 12.6 Å². The van der Waals surface area contributed by atoms with Gasteiger partial charge in [0.2, 0.25) is 0 Å². The lowest BCUT2D eigenvalue weighted by Gasteiger charge is -2.31. The maximum Gasteiger partial charge on any atom is 0.0433 e. The third-order valence-electron chi connectivity index (χ3n) is 3.23. The van der Waals surface area contributed by atoms with Crippen LogP contribution in [0.3, 0.4) is 0 Å². The van der Waals surface area contributed by atoms with Crippen molar-refractivity contribution in [3.8, 4) is 0 Å². The molecule has 0 aromatic heterocycles. The molecule has 0 radical (unpaired) electrons. The molecule has 1 aliphatic heterocycles. The maximum atomic E-state index is 8.86. The van der Waals surface area contributed by atoms with Gasteiger partial charge in [0.25, 0.3) is 0 Å². The van der Waals surface area contributed by atoms with Crippen molar-refractivity contribution in [2.45, 2.75) is 39.2 Å². The Morgan fingerprint density at radius 3 is 2.53 bits per heavy atom. The summed E-state index contributed by atoms with van der Waals surface area (Å²) >= 11 is 0. The summed E-state index contributed by atoms with van der Waals surface area (Å²) in [5.41, 5.74) is 0. The number of rotatable bonds is 6. The minimum Gasteiger partial charge on any atom is -0.396 e. The van der Waals surface area contributed by atoms with E-state index in [4.69, 9.17) is 5.11 Å². The molecular weight excluding hydrogens is 188 g/mol. The van der Waals surface area contributed by atoms with Gasteiger partial charge in [0, 0.05) is 25.7 Å². The van der Waals surface area contributed by atoms with Crippen molar-refractivity contribution in [2.75, 3.05) is 32.8 Å². The number of nitrogens with one attached hydrogen (secondary N) is 1. The molecule has 0 aliphatic carbocycles. The van der Waals surface area contributed by atoms with E-state index < -0.39 is 0 Å². The second kappa shape index (κ2) is 7.20. The maximum absolute atomic E-state index is 8.86. The molecule has 15 heavy (non-hydrogen) atoms. The Hall–Kier alpha value is -0.120. The zero-order valence-electron chi connectivity index (χ0n) is 10.2. The van der Waals surface area contributed by atoms with E-state index >= 15 is 0 Å². The molecule has 0 aromatic rings. The quantitative estimate of drug-likeness (QED) is 0.694. The standard InChI is InChI=1S/C12H26N2O/c1-11(2)13-6-9-14-7-3-12(4-8-14)5-10-15/h11-13,15H,3-10H2,1-2H3. The fourth-order valence-corrected chi connectivity index (χ4v) is 2.19. The highest BCUT2D eigenvalue weighted by Gasteiger charge is 2.17. The number of likely N-dealkylation sites (tertiary alicyclic amines) is 1. The fraction of sp³-hybridized carbons (Fsp3) is 1.00. The molecule has 1 heterocycles. The first kappa shape index (κ1) is 12.9. The van der Waals surface area contributed by atoms with Crippen LogP contribution in [0.4, 0.5) is 0 Å². The molecule has 90 valence electrons. The van der Waals surface area contributed by atoms with Crippen molar-refractivity contribution >= 4 is 0 Å². The van der Waals surface area contributed by atoms with Gasteiger partial charge in [0.1, 0.15) is 0 Å². The molecule has 3 heteroatoms. The molecule has 0 saturated carbocycles. The molecule has 0 amide bonds. The van der Waals surface area contributed by atoms with Gasteiger partial charge in [-0.15, -0.1) is 0 Å². The topological polar surface area (TPSA) is 35.5 Å². The SMILES string of the molecule is CC(C)NCCN1CCC(CCO)CC1. The summed E-state index contributed by atoms with van der Waals surface area (Å²) in [6, 6.07) is 0.594. The van der Waals surface area contributed by atoms with Gasteiger partial charge in [0.05, 0.1) is 0 Å². The van der Waals surface area contributed by atoms with E-state index in [9.17, 15) is 0 Å². The lowest BCUT2D eigenvalue weighted by atomic mass is 9.94. The van der Waals surface area contributed by atoms with Crippen LogP contribution in [0, 0.1) is 5.92 Å². The summed E-state index contributed by atoms with van der Waals surface area (Å²) in [6.45, 7) is 9.43. The van der Waals surface area contributed by atoms with Crippen molar-refractivity contribution in [3.63, 3.8) is 0 Å². The van der Waals surface area contributed by atoms with E-state index in [-0.39, 0.29) is 0 Å². The predicted molar refractivity (Wildman–Crippen MR) is 64.0 cm³/mol. The summed E-state index contributed by atoms with van der Waals surface area (Å²) < 4.78 is 0. The van der Waals surface area contributed by atoms with Crippen molar-refractivity contribution in [1.82, 2.24) is 10.2 Å². The summed E-state index contributed by atoms with van der Waals surface area (Å²) in [4.78, 5) is 2.53. The first-order valence-corrected chi connectivity index (χ1v) is 6.29. The molecule has 1 rings (SSSR count). The monoisotopic (exact) mass is 214 g/mol. The molecule has 1 saturated heterocycles. The van der Waals surface area contributed by atoms with Gasteiger partial charge in [-0.05, 0) is 38.3 Å². The van der Waals surface area contributed by atoms with Gasteiger partial charge in [0.15, 0.2) is 0 Å². The van der Waals surface area contributed by atoms with E-state index in [0.717, 1.165) is 18.9 Å². The number of aliphatic hydroxyl groups excluding tert-OH is 1. The Balaban J connectivity index is 2.04. The van der Waals surface area contributed by atoms with Crippen molar-refractivity contribution < 1.29 is 5.11 Å². The summed E-state index contributed by atoms with van der Waals surface area (Å²) in [5.74, 6) is 0.768. The van der Waals surface area contributed by atoms with Gasteiger partial charge < -0.3 is 15.3 Å². The Morgan fingerprint density at radius 2 is 2.00 bits per heavy atom. The van der Waals surface area contributed by atoms with Gasteiger partial charge in [-0.3, -0.25) is 0 Å². The molecule has 0 atom stereocenters. The first-order valence-electron chi connectivity index (χ1n) is 6.29. The largest absolute Gasteiger partial charge is 0.396 e. The predicted octanol–water partition coefficient (Wildman–Crippen LogP) is 1.08. The molecule has 1 fully saturated rings. The van der Waals surface area contributed by atoms with Crippen LogP contribution in [0.5, 0.6) is 0 Å². The van der Waals surface area contributed by atoms with Crippen LogP contribution in [0.1, 0.15) is 33.1 Å². The van der Waals surface area contributed by atoms with E-state index in [2.05, 4.69) is 24.1 Å². The van der Waals surface area contributed by atoms with Crippen LogP contribution in [0.25, 0.3) is 0 Å². The third-order valence-corrected chi connectivity index (χ3v) is 3.23. The first-order chi connectivity index (χ1) is 7.22. The van der Waals surface area contributed by atoms with Crippen molar-refractivity contribution in [3.05, 3.63) is 0 Å². The summed E-state index contributed by atoms with van der Waals surface area (Å²) in [6.07, 6.45) is 3.53. The van der Waals surface area contributed by atoms with E-state index in [1.54, 1.807) is 0 Å². The average molecular weight is 214 g/mol. The Bertz CT molecular complexity index is 154.